The summed E-state index contributed by atoms with van der Waals surface area (Å²) in [6.07, 6.45) is 0.845. The molecule has 1 aromatic rings. The van der Waals surface area contributed by atoms with Crippen molar-refractivity contribution in [3.63, 3.8) is 0 Å². The molecule has 0 bridgehead atoms. The molecule has 0 saturated heterocycles. The average Bonchev–Trinajstić information content (AvgIpc) is 2.56. The molecule has 0 aliphatic heterocycles. The Balaban J connectivity index is 2.77. The molecule has 1 rings (SSSR count). The molecule has 138 valence electrons. The van der Waals surface area contributed by atoms with Crippen molar-refractivity contribution in [2.24, 2.45) is 0 Å². The molecule has 1 unspecified atom stereocenters. The van der Waals surface area contributed by atoms with Gasteiger partial charge in [0, 0.05) is 12.6 Å². The van der Waals surface area contributed by atoms with Gasteiger partial charge in [-0.25, -0.2) is 4.79 Å². The van der Waals surface area contributed by atoms with Gasteiger partial charge in [-0.2, -0.15) is 0 Å². The third-order valence-electron chi connectivity index (χ3n) is 3.25. The number of nitrogens with one attached hydrogen (secondary N) is 1. The van der Waals surface area contributed by atoms with E-state index in [9.17, 15) is 14.7 Å². The first-order chi connectivity index (χ1) is 11.8. The minimum absolute atomic E-state index is 0.0137. The molecule has 6 nitrogen and oxygen atoms in total. The summed E-state index contributed by atoms with van der Waals surface area (Å²) < 4.78 is 10.5. The Bertz CT molecular complexity index is 610. The molecule has 6 heteroatoms. The van der Waals surface area contributed by atoms with Gasteiger partial charge in [0.25, 0.3) is 0 Å². The first kappa shape index (κ1) is 20.9. The minimum atomic E-state index is -0.642. The van der Waals surface area contributed by atoms with E-state index in [1.807, 2.05) is 13.8 Å². The summed E-state index contributed by atoms with van der Waals surface area (Å²) >= 11 is 0. The van der Waals surface area contributed by atoms with Gasteiger partial charge in [-0.15, -0.1) is 0 Å². The Morgan fingerprint density at radius 2 is 2.04 bits per heavy atom. The van der Waals surface area contributed by atoms with E-state index in [4.69, 9.17) is 9.47 Å². The molecule has 0 aromatic heterocycles. The van der Waals surface area contributed by atoms with Crippen LogP contribution in [0.4, 0.5) is 0 Å². The second kappa shape index (κ2) is 10.6. The molecule has 0 spiro atoms. The number of aliphatic hydroxyl groups excluding tert-OH is 1. The van der Waals surface area contributed by atoms with Crippen molar-refractivity contribution in [1.82, 2.24) is 5.32 Å². The van der Waals surface area contributed by atoms with E-state index < -0.39 is 12.1 Å². The fourth-order valence-corrected chi connectivity index (χ4v) is 2.00. The molecule has 1 atom stereocenters. The van der Waals surface area contributed by atoms with Gasteiger partial charge in [-0.05, 0) is 37.6 Å². The second-order valence-corrected chi connectivity index (χ2v) is 5.93. The number of ether oxygens (including phenoxy) is 2. The summed E-state index contributed by atoms with van der Waals surface area (Å²) in [4.78, 5) is 23.5. The van der Waals surface area contributed by atoms with E-state index in [1.165, 1.54) is 13.0 Å². The summed E-state index contributed by atoms with van der Waals surface area (Å²) in [6.45, 7) is 7.79. The summed E-state index contributed by atoms with van der Waals surface area (Å²) in [7, 11) is 0. The number of aliphatic hydroxyl groups is 1. The van der Waals surface area contributed by atoms with Crippen LogP contribution in [-0.4, -0.2) is 48.8 Å². The lowest BCUT2D eigenvalue weighted by Gasteiger charge is -2.15. The first-order valence-electron chi connectivity index (χ1n) is 8.37. The molecule has 0 fully saturated rings. The topological polar surface area (TPSA) is 84.9 Å². The SMILES string of the molecule is CCOC(=O)/C(=C/c1cccc(OCC(O)CNC(C)C)c1)C(C)=O. The summed E-state index contributed by atoms with van der Waals surface area (Å²) in [6, 6.07) is 7.24. The van der Waals surface area contributed by atoms with Crippen LogP contribution >= 0.6 is 0 Å². The molecule has 0 saturated carbocycles. The fourth-order valence-electron chi connectivity index (χ4n) is 2.00. The number of hydrogen-bond acceptors (Lipinski definition) is 6. The van der Waals surface area contributed by atoms with Crippen molar-refractivity contribution >= 4 is 17.8 Å². The molecule has 0 radical (unpaired) electrons. The molecule has 0 amide bonds. The van der Waals surface area contributed by atoms with Gasteiger partial charge in [0.15, 0.2) is 5.78 Å². The number of hydrogen-bond donors (Lipinski definition) is 2. The predicted octanol–water partition coefficient (Wildman–Crippen LogP) is 1.96. The Morgan fingerprint density at radius 1 is 1.32 bits per heavy atom. The Labute approximate surface area is 148 Å². The number of rotatable bonds is 10. The fraction of sp³-hybridized carbons (Fsp3) is 0.474. The van der Waals surface area contributed by atoms with E-state index >= 15 is 0 Å². The normalized spacial score (nSPS) is 12.8. The Morgan fingerprint density at radius 3 is 2.64 bits per heavy atom. The van der Waals surface area contributed by atoms with E-state index in [0.29, 0.717) is 17.9 Å². The number of benzene rings is 1. The standard InChI is InChI=1S/C19H27NO5/c1-5-24-19(23)18(14(4)21)10-15-7-6-8-17(9-15)25-12-16(22)11-20-13(2)3/h6-10,13,16,20,22H,5,11-12H2,1-4H3/b18-10+. The van der Waals surface area contributed by atoms with Gasteiger partial charge in [-0.3, -0.25) is 4.79 Å². The highest BCUT2D eigenvalue weighted by Gasteiger charge is 2.15. The second-order valence-electron chi connectivity index (χ2n) is 5.93. The molecular formula is C19H27NO5. The summed E-state index contributed by atoms with van der Waals surface area (Å²) in [5.74, 6) is -0.458. The zero-order valence-electron chi connectivity index (χ0n) is 15.2. The van der Waals surface area contributed by atoms with Crippen molar-refractivity contribution in [1.29, 1.82) is 0 Å². The molecule has 2 N–H and O–H groups in total. The van der Waals surface area contributed by atoms with Crippen molar-refractivity contribution in [3.05, 3.63) is 35.4 Å². The highest BCUT2D eigenvalue weighted by molar-refractivity contribution is 6.19. The quantitative estimate of drug-likeness (QED) is 0.291. The van der Waals surface area contributed by atoms with Gasteiger partial charge in [0.05, 0.1) is 6.61 Å². The largest absolute Gasteiger partial charge is 0.491 e. The van der Waals surface area contributed by atoms with Crippen molar-refractivity contribution in [2.75, 3.05) is 19.8 Å². The summed E-state index contributed by atoms with van der Waals surface area (Å²) in [5.41, 5.74) is 0.630. The van der Waals surface area contributed by atoms with E-state index in [-0.39, 0.29) is 30.6 Å². The number of Topliss-reactive ketones (excluding diaryl/α,β-unsaturated/α-hetero) is 1. The lowest BCUT2D eigenvalue weighted by Crippen LogP contribution is -2.35. The van der Waals surface area contributed by atoms with Crippen LogP contribution in [0.15, 0.2) is 29.8 Å². The van der Waals surface area contributed by atoms with Gasteiger partial charge >= 0.3 is 5.97 Å². The van der Waals surface area contributed by atoms with Gasteiger partial charge in [-0.1, -0.05) is 26.0 Å². The molecule has 25 heavy (non-hydrogen) atoms. The number of esters is 1. The molecule has 0 aliphatic rings. The zero-order valence-corrected chi connectivity index (χ0v) is 15.2. The maximum atomic E-state index is 11.8. The molecule has 1 aromatic carbocycles. The smallest absolute Gasteiger partial charge is 0.341 e. The zero-order chi connectivity index (χ0) is 18.8. The van der Waals surface area contributed by atoms with Gasteiger partial charge in [0.2, 0.25) is 0 Å². The predicted molar refractivity (Wildman–Crippen MR) is 96.4 cm³/mol. The summed E-state index contributed by atoms with van der Waals surface area (Å²) in [5, 5.41) is 13.0. The molecular weight excluding hydrogens is 322 g/mol. The van der Waals surface area contributed by atoms with Crippen LogP contribution in [0.3, 0.4) is 0 Å². The van der Waals surface area contributed by atoms with Crippen LogP contribution in [0.1, 0.15) is 33.3 Å². The number of carbonyl (C=O) groups excluding carboxylic acids is 2. The van der Waals surface area contributed by atoms with Crippen LogP contribution in [-0.2, 0) is 14.3 Å². The van der Waals surface area contributed by atoms with E-state index in [2.05, 4.69) is 5.32 Å². The molecule has 0 heterocycles. The highest BCUT2D eigenvalue weighted by Crippen LogP contribution is 2.17. The van der Waals surface area contributed by atoms with E-state index in [1.54, 1.807) is 31.2 Å². The highest BCUT2D eigenvalue weighted by atomic mass is 16.5. The Kier molecular flexibility index (Phi) is 8.88. The third kappa shape index (κ3) is 7.96. The van der Waals surface area contributed by atoms with Gasteiger partial charge in [0.1, 0.15) is 24.0 Å². The average molecular weight is 349 g/mol. The number of ketones is 1. The lowest BCUT2D eigenvalue weighted by atomic mass is 10.1. The van der Waals surface area contributed by atoms with Crippen LogP contribution in [0.25, 0.3) is 6.08 Å². The van der Waals surface area contributed by atoms with Crippen LogP contribution in [0.2, 0.25) is 0 Å². The van der Waals surface area contributed by atoms with Crippen molar-refractivity contribution in [3.8, 4) is 5.75 Å². The van der Waals surface area contributed by atoms with E-state index in [0.717, 1.165) is 0 Å². The Hall–Kier alpha value is -2.18. The maximum absolute atomic E-state index is 11.8. The maximum Gasteiger partial charge on any atom is 0.341 e. The lowest BCUT2D eigenvalue weighted by molar-refractivity contribution is -0.139. The van der Waals surface area contributed by atoms with Crippen molar-refractivity contribution < 1.29 is 24.2 Å². The number of carbonyl (C=O) groups is 2. The monoisotopic (exact) mass is 349 g/mol. The minimum Gasteiger partial charge on any atom is -0.491 e. The first-order valence-corrected chi connectivity index (χ1v) is 8.37. The van der Waals surface area contributed by atoms with Crippen molar-refractivity contribution in [2.45, 2.75) is 39.8 Å². The van der Waals surface area contributed by atoms with Crippen LogP contribution < -0.4 is 10.1 Å². The van der Waals surface area contributed by atoms with Crippen LogP contribution in [0, 0.1) is 0 Å². The van der Waals surface area contributed by atoms with Crippen LogP contribution in [0.5, 0.6) is 5.75 Å². The molecule has 0 aliphatic carbocycles. The van der Waals surface area contributed by atoms with Gasteiger partial charge < -0.3 is 19.9 Å². The third-order valence-corrected chi connectivity index (χ3v) is 3.25.